The number of rotatable bonds is 8. The molecule has 4 aromatic heterocycles. The quantitative estimate of drug-likeness (QED) is 0.187. The summed E-state index contributed by atoms with van der Waals surface area (Å²) in [5, 5.41) is 14.2. The summed E-state index contributed by atoms with van der Waals surface area (Å²) in [5.74, 6) is -1.68. The molecule has 10 nitrogen and oxygen atoms in total. The molecule has 0 aliphatic carbocycles. The minimum Gasteiger partial charge on any atom is -0.490 e. The number of nitrogens with zero attached hydrogens (tertiary/aromatic N) is 5. The molecule has 0 radical (unpaired) electrons. The van der Waals surface area contributed by atoms with Crippen molar-refractivity contribution in [2.75, 3.05) is 11.9 Å². The molecular weight excluding hydrogens is 606 g/mol. The van der Waals surface area contributed by atoms with Crippen molar-refractivity contribution in [2.24, 2.45) is 7.05 Å². The van der Waals surface area contributed by atoms with Crippen LogP contribution < -0.4 is 10.1 Å². The lowest BCUT2D eigenvalue weighted by Crippen LogP contribution is -2.28. The van der Waals surface area contributed by atoms with Crippen molar-refractivity contribution in [3.63, 3.8) is 0 Å². The zero-order valence-corrected chi connectivity index (χ0v) is 27.1. The van der Waals surface area contributed by atoms with Gasteiger partial charge >= 0.3 is 5.97 Å². The van der Waals surface area contributed by atoms with Crippen LogP contribution in [0.5, 0.6) is 5.75 Å². The highest BCUT2D eigenvalue weighted by Crippen LogP contribution is 2.45. The Labute approximate surface area is 270 Å². The predicted octanol–water partition coefficient (Wildman–Crippen LogP) is 6.87. The Kier molecular flexibility index (Phi) is 8.39. The number of carbonyl (C=O) groups is 1. The van der Waals surface area contributed by atoms with Crippen LogP contribution in [0.3, 0.4) is 0 Å². The number of benzene rings is 1. The van der Waals surface area contributed by atoms with E-state index in [4.69, 9.17) is 14.5 Å². The molecule has 0 spiro atoms. The van der Waals surface area contributed by atoms with E-state index in [0.29, 0.717) is 52.1 Å². The number of anilines is 1. The summed E-state index contributed by atoms with van der Waals surface area (Å²) in [6.45, 7) is 9.79. The smallest absolute Gasteiger partial charge is 0.337 e. The van der Waals surface area contributed by atoms with Gasteiger partial charge in [-0.1, -0.05) is 0 Å². The molecule has 1 aliphatic rings. The Morgan fingerprint density at radius 2 is 1.89 bits per heavy atom. The highest BCUT2D eigenvalue weighted by molar-refractivity contribution is 6.01. The molecule has 0 amide bonds. The Bertz CT molecular complexity index is 2000. The zero-order valence-electron chi connectivity index (χ0n) is 27.1. The zero-order chi connectivity index (χ0) is 33.6. The number of pyridine rings is 2. The van der Waals surface area contributed by atoms with Crippen LogP contribution in [-0.2, 0) is 29.5 Å². The number of aromatic nitrogens is 5. The van der Waals surface area contributed by atoms with Crippen molar-refractivity contribution in [3.05, 3.63) is 82.6 Å². The molecule has 0 unspecified atom stereocenters. The molecule has 6 rings (SSSR count). The predicted molar refractivity (Wildman–Crippen MR) is 173 cm³/mol. The number of carboxylic acid groups (broad SMARTS) is 1. The topological polar surface area (TPSA) is 124 Å². The summed E-state index contributed by atoms with van der Waals surface area (Å²) in [4.78, 5) is 30.1. The van der Waals surface area contributed by atoms with Crippen molar-refractivity contribution in [1.29, 1.82) is 0 Å². The highest BCUT2D eigenvalue weighted by Gasteiger charge is 2.34. The van der Waals surface area contributed by atoms with Gasteiger partial charge in [0.25, 0.3) is 0 Å². The summed E-state index contributed by atoms with van der Waals surface area (Å²) in [6, 6.07) is 7.15. The molecule has 1 atom stereocenters. The summed E-state index contributed by atoms with van der Waals surface area (Å²) < 4.78 is 42.8. The van der Waals surface area contributed by atoms with Crippen LogP contribution in [0.4, 0.5) is 14.7 Å². The van der Waals surface area contributed by atoms with Crippen LogP contribution in [-0.4, -0.2) is 47.8 Å². The summed E-state index contributed by atoms with van der Waals surface area (Å²) in [5.41, 5.74) is 5.64. The normalized spacial score (nSPS) is 13.7. The van der Waals surface area contributed by atoms with Crippen molar-refractivity contribution in [3.8, 4) is 28.1 Å². The monoisotopic (exact) mass is 642 g/mol. The van der Waals surface area contributed by atoms with Gasteiger partial charge in [0, 0.05) is 46.6 Å². The molecule has 0 saturated heterocycles. The number of aryl methyl sites for hydroxylation is 2. The van der Waals surface area contributed by atoms with Crippen molar-refractivity contribution in [1.82, 2.24) is 24.5 Å². The van der Waals surface area contributed by atoms with Crippen molar-refractivity contribution < 1.29 is 28.2 Å². The summed E-state index contributed by atoms with van der Waals surface area (Å²) >= 11 is 0. The average Bonchev–Trinajstić information content (AvgIpc) is 3.36. The van der Waals surface area contributed by atoms with Gasteiger partial charge in [0.2, 0.25) is 5.95 Å². The van der Waals surface area contributed by atoms with Crippen LogP contribution in [0.15, 0.2) is 42.9 Å². The molecule has 0 bridgehead atoms. The van der Waals surface area contributed by atoms with Gasteiger partial charge in [-0.2, -0.15) is 0 Å². The van der Waals surface area contributed by atoms with E-state index in [-0.39, 0.29) is 18.2 Å². The molecule has 2 N–H and O–H groups in total. The molecule has 1 aliphatic heterocycles. The molecule has 5 heterocycles. The van der Waals surface area contributed by atoms with Gasteiger partial charge in [0.1, 0.15) is 5.65 Å². The molecule has 47 heavy (non-hydrogen) atoms. The number of hydrogen-bond donors (Lipinski definition) is 2. The van der Waals surface area contributed by atoms with E-state index in [0.717, 1.165) is 41.2 Å². The third-order valence-electron chi connectivity index (χ3n) is 8.23. The third kappa shape index (κ3) is 6.25. The lowest BCUT2D eigenvalue weighted by atomic mass is 9.86. The van der Waals surface area contributed by atoms with Gasteiger partial charge in [0.15, 0.2) is 23.5 Å². The fourth-order valence-corrected chi connectivity index (χ4v) is 6.16. The lowest BCUT2D eigenvalue weighted by molar-refractivity contribution is -0.160. The van der Waals surface area contributed by atoms with Gasteiger partial charge < -0.3 is 24.5 Å². The van der Waals surface area contributed by atoms with E-state index < -0.39 is 29.3 Å². The van der Waals surface area contributed by atoms with E-state index in [1.165, 1.54) is 6.07 Å². The Balaban J connectivity index is 1.55. The number of nitrogens with one attached hydrogen (secondary N) is 1. The van der Waals surface area contributed by atoms with E-state index in [1.54, 1.807) is 33.9 Å². The van der Waals surface area contributed by atoms with Gasteiger partial charge in [0.05, 0.1) is 42.5 Å². The second-order valence-electron chi connectivity index (χ2n) is 12.7. The molecule has 12 heteroatoms. The number of aliphatic carboxylic acids is 1. The maximum atomic E-state index is 15.7. The second-order valence-corrected chi connectivity index (χ2v) is 12.7. The van der Waals surface area contributed by atoms with Gasteiger partial charge in [-0.15, -0.1) is 0 Å². The Morgan fingerprint density at radius 3 is 2.60 bits per heavy atom. The number of halogens is 2. The van der Waals surface area contributed by atoms with Crippen molar-refractivity contribution in [2.45, 2.75) is 65.7 Å². The molecule has 0 fully saturated rings. The summed E-state index contributed by atoms with van der Waals surface area (Å²) in [7, 11) is 1.88. The van der Waals surface area contributed by atoms with Gasteiger partial charge in [-0.3, -0.25) is 4.98 Å². The van der Waals surface area contributed by atoms with E-state index in [2.05, 4.69) is 20.3 Å². The number of carboxylic acids is 1. The molecule has 0 saturated carbocycles. The molecule has 244 valence electrons. The SMILES string of the molecule is Cc1nc2c(cc(-c3ccnc(CNc4ncc(F)cn4)c3)n2C)c(-c2cc(F)c3c(c2C)CCCO3)c1[C@H](OC(C)(C)C)C(=O)O. The number of fused-ring (bicyclic) bond motifs is 2. The largest absolute Gasteiger partial charge is 0.490 e. The average molecular weight is 643 g/mol. The first-order valence-electron chi connectivity index (χ1n) is 15.3. The first-order valence-corrected chi connectivity index (χ1v) is 15.3. The van der Waals surface area contributed by atoms with Crippen molar-refractivity contribution >= 4 is 23.0 Å². The van der Waals surface area contributed by atoms with Gasteiger partial charge in [-0.25, -0.2) is 28.5 Å². The maximum absolute atomic E-state index is 15.7. The second kappa shape index (κ2) is 12.3. The van der Waals surface area contributed by atoms with Crippen LogP contribution in [0.25, 0.3) is 33.4 Å². The van der Waals surface area contributed by atoms with Gasteiger partial charge in [-0.05, 0) is 82.9 Å². The first-order chi connectivity index (χ1) is 22.3. The van der Waals surface area contributed by atoms with E-state index >= 15 is 4.39 Å². The third-order valence-corrected chi connectivity index (χ3v) is 8.23. The van der Waals surface area contributed by atoms with E-state index in [1.807, 2.05) is 36.7 Å². The number of hydrogen-bond acceptors (Lipinski definition) is 8. The standard InChI is InChI=1S/C35H36F2N6O4/c1-18-23-8-7-11-46-30(23)26(37)13-24(18)29-25-14-27(20-9-10-38-22(12-20)17-41-34-39-15-21(36)16-40-34)43(6)32(25)42-19(2)28(29)31(33(44)45)47-35(3,4)5/h9-10,12-16,31H,7-8,11,17H2,1-6H3,(H,44,45)(H,39,40,41)/t31-/m0/s1. The maximum Gasteiger partial charge on any atom is 0.337 e. The fraction of sp³-hybridized carbons (Fsp3) is 0.343. The Hall–Kier alpha value is -4.97. The Morgan fingerprint density at radius 1 is 1.15 bits per heavy atom. The first kappa shape index (κ1) is 32.0. The highest BCUT2D eigenvalue weighted by atomic mass is 19.1. The molecular formula is C35H36F2N6O4. The fourth-order valence-electron chi connectivity index (χ4n) is 6.16. The lowest BCUT2D eigenvalue weighted by Gasteiger charge is -2.29. The van der Waals surface area contributed by atoms with E-state index in [9.17, 15) is 14.3 Å². The minimum atomic E-state index is -1.37. The van der Waals surface area contributed by atoms with Crippen LogP contribution in [0.1, 0.15) is 61.4 Å². The van der Waals surface area contributed by atoms with Crippen LogP contribution in [0, 0.1) is 25.5 Å². The number of ether oxygens (including phenoxy) is 2. The minimum absolute atomic E-state index is 0.250. The molecule has 1 aromatic carbocycles. The van der Waals surface area contributed by atoms with Crippen LogP contribution >= 0.6 is 0 Å². The van der Waals surface area contributed by atoms with Crippen LogP contribution in [0.2, 0.25) is 0 Å². The molecule has 5 aromatic rings. The summed E-state index contributed by atoms with van der Waals surface area (Å²) in [6.07, 6.45) is 3.88.